The highest BCUT2D eigenvalue weighted by molar-refractivity contribution is 6.32. The van der Waals surface area contributed by atoms with Gasteiger partial charge in [-0.2, -0.15) is 4.68 Å². The maximum Gasteiger partial charge on any atom is 0.408 e. The predicted molar refractivity (Wildman–Crippen MR) is 75.2 cm³/mol. The Balaban J connectivity index is 2.25. The molecule has 8 heteroatoms. The monoisotopic (exact) mass is 309 g/mol. The molecular weight excluding hydrogens is 298 g/mol. The number of hydrogen-bond donors (Lipinski definition) is 0. The van der Waals surface area contributed by atoms with E-state index in [0.717, 1.165) is 11.1 Å². The van der Waals surface area contributed by atoms with Crippen molar-refractivity contribution in [1.29, 1.82) is 0 Å². The predicted octanol–water partition coefficient (Wildman–Crippen LogP) is 2.21. The third kappa shape index (κ3) is 3.57. The lowest BCUT2D eigenvalue weighted by Gasteiger charge is -2.07. The Morgan fingerprint density at radius 2 is 2.10 bits per heavy atom. The van der Waals surface area contributed by atoms with E-state index in [1.165, 1.54) is 18.0 Å². The summed E-state index contributed by atoms with van der Waals surface area (Å²) in [6.07, 6.45) is 1.51. The molecule has 2 aromatic rings. The van der Waals surface area contributed by atoms with Crippen LogP contribution in [-0.2, 0) is 22.5 Å². The summed E-state index contributed by atoms with van der Waals surface area (Å²) in [4.78, 5) is 21.5. The minimum Gasteiger partial charge on any atom is -0.469 e. The Morgan fingerprint density at radius 3 is 2.67 bits per heavy atom. The smallest absolute Gasteiger partial charge is 0.408 e. The van der Waals surface area contributed by atoms with Crippen LogP contribution in [0, 0.1) is 10.1 Å². The van der Waals surface area contributed by atoms with Gasteiger partial charge in [-0.1, -0.05) is 35.9 Å². The van der Waals surface area contributed by atoms with Crippen LogP contribution in [0.2, 0.25) is 5.02 Å². The molecule has 1 heterocycles. The van der Waals surface area contributed by atoms with Crippen LogP contribution in [0.4, 0.5) is 5.82 Å². The van der Waals surface area contributed by atoms with Gasteiger partial charge in [-0.3, -0.25) is 4.79 Å². The molecule has 7 nitrogen and oxygen atoms in total. The van der Waals surface area contributed by atoms with Gasteiger partial charge in [0.05, 0.1) is 31.4 Å². The van der Waals surface area contributed by atoms with E-state index in [9.17, 15) is 14.9 Å². The van der Waals surface area contributed by atoms with Crippen LogP contribution in [0.1, 0.15) is 11.1 Å². The summed E-state index contributed by atoms with van der Waals surface area (Å²) in [5, 5.41) is 14.5. The van der Waals surface area contributed by atoms with Crippen LogP contribution in [0.5, 0.6) is 0 Å². The Labute approximate surface area is 125 Å². The van der Waals surface area contributed by atoms with E-state index >= 15 is 0 Å². The molecule has 0 saturated carbocycles. The molecule has 110 valence electrons. The van der Waals surface area contributed by atoms with Crippen molar-refractivity contribution in [2.24, 2.45) is 0 Å². The lowest BCUT2D eigenvalue weighted by atomic mass is 10.0. The number of halogens is 1. The van der Waals surface area contributed by atoms with Crippen LogP contribution >= 0.6 is 11.6 Å². The number of carbonyl (C=O) groups is 1. The van der Waals surface area contributed by atoms with Crippen molar-refractivity contribution >= 4 is 23.4 Å². The second-order valence-electron chi connectivity index (χ2n) is 4.28. The largest absolute Gasteiger partial charge is 0.469 e. The Hall–Kier alpha value is -2.41. The van der Waals surface area contributed by atoms with Gasteiger partial charge < -0.3 is 14.9 Å². The van der Waals surface area contributed by atoms with Crippen molar-refractivity contribution in [3.63, 3.8) is 0 Å². The number of ether oxygens (including phenoxy) is 1. The van der Waals surface area contributed by atoms with Gasteiger partial charge in [-0.25, -0.2) is 0 Å². The fourth-order valence-electron chi connectivity index (χ4n) is 1.88. The molecule has 1 aromatic heterocycles. The molecule has 2 rings (SSSR count). The normalized spacial score (nSPS) is 10.4. The van der Waals surface area contributed by atoms with E-state index in [1.54, 1.807) is 12.1 Å². The van der Waals surface area contributed by atoms with E-state index < -0.39 is 4.92 Å². The molecule has 0 spiro atoms. The summed E-state index contributed by atoms with van der Waals surface area (Å²) in [5.41, 5.74) is 1.59. The molecule has 0 amide bonds. The zero-order valence-corrected chi connectivity index (χ0v) is 11.9. The van der Waals surface area contributed by atoms with Crippen molar-refractivity contribution in [2.75, 3.05) is 7.11 Å². The van der Waals surface area contributed by atoms with Gasteiger partial charge in [0.25, 0.3) is 0 Å². The van der Waals surface area contributed by atoms with Crippen molar-refractivity contribution in [3.05, 3.63) is 56.7 Å². The zero-order chi connectivity index (χ0) is 15.4. The summed E-state index contributed by atoms with van der Waals surface area (Å²) < 4.78 is 6.01. The van der Waals surface area contributed by atoms with Crippen LogP contribution < -0.4 is 0 Å². The summed E-state index contributed by atoms with van der Waals surface area (Å²) >= 11 is 5.75. The first-order chi connectivity index (χ1) is 10.0. The summed E-state index contributed by atoms with van der Waals surface area (Å²) in [7, 11) is 1.32. The fourth-order valence-corrected chi connectivity index (χ4v) is 2.10. The Morgan fingerprint density at radius 1 is 1.43 bits per heavy atom. The Bertz CT molecular complexity index is 684. The lowest BCUT2D eigenvalue weighted by Crippen LogP contribution is -2.09. The molecule has 0 radical (unpaired) electrons. The molecule has 0 aliphatic carbocycles. The Kier molecular flexibility index (Phi) is 4.54. The molecule has 0 N–H and O–H groups in total. The first-order valence-electron chi connectivity index (χ1n) is 6.02. The zero-order valence-electron chi connectivity index (χ0n) is 11.2. The molecular formula is C13H12ClN3O4. The van der Waals surface area contributed by atoms with E-state index in [4.69, 9.17) is 11.6 Å². The summed E-state index contributed by atoms with van der Waals surface area (Å²) in [5.74, 6) is -0.742. The highest BCUT2D eigenvalue weighted by Crippen LogP contribution is 2.22. The molecule has 0 unspecified atom stereocenters. The van der Waals surface area contributed by atoms with Crippen LogP contribution in [-0.4, -0.2) is 27.8 Å². The van der Waals surface area contributed by atoms with Gasteiger partial charge in [-0.15, -0.1) is 0 Å². The number of nitro groups is 1. The number of rotatable bonds is 5. The third-order valence-electron chi connectivity index (χ3n) is 2.89. The molecule has 0 fully saturated rings. The molecule has 0 bridgehead atoms. The molecule has 0 atom stereocenters. The molecule has 0 saturated heterocycles. The average molecular weight is 310 g/mol. The van der Waals surface area contributed by atoms with Crippen LogP contribution in [0.15, 0.2) is 30.5 Å². The van der Waals surface area contributed by atoms with Gasteiger partial charge in [0.1, 0.15) is 0 Å². The number of benzene rings is 1. The van der Waals surface area contributed by atoms with Crippen molar-refractivity contribution in [2.45, 2.75) is 13.0 Å². The summed E-state index contributed by atoms with van der Waals surface area (Å²) in [6.45, 7) is 0.278. The minimum absolute atomic E-state index is 0.0227. The number of nitrogens with zero attached hydrogens (tertiary/aromatic N) is 3. The first kappa shape index (κ1) is 15.0. The van der Waals surface area contributed by atoms with Crippen molar-refractivity contribution < 1.29 is 14.5 Å². The van der Waals surface area contributed by atoms with E-state index in [-0.39, 0.29) is 29.8 Å². The maximum atomic E-state index is 11.4. The second kappa shape index (κ2) is 6.36. The van der Waals surface area contributed by atoms with E-state index in [0.29, 0.717) is 0 Å². The quantitative estimate of drug-likeness (QED) is 0.480. The van der Waals surface area contributed by atoms with Gasteiger partial charge in [0, 0.05) is 0 Å². The standard InChI is InChI=1S/C13H12ClN3O4/c1-21-12(18)6-9-4-2-3-5-10(9)7-16-8-11(14)13(15-16)17(19)20/h2-5,8H,6-7H2,1H3. The fraction of sp³-hybridized carbons (Fsp3) is 0.231. The minimum atomic E-state index is -0.640. The van der Waals surface area contributed by atoms with E-state index in [2.05, 4.69) is 9.84 Å². The highest BCUT2D eigenvalue weighted by Gasteiger charge is 2.19. The summed E-state index contributed by atoms with van der Waals surface area (Å²) in [6, 6.07) is 7.24. The number of carbonyl (C=O) groups excluding carboxylic acids is 1. The van der Waals surface area contributed by atoms with E-state index in [1.807, 2.05) is 12.1 Å². The first-order valence-corrected chi connectivity index (χ1v) is 6.40. The molecule has 21 heavy (non-hydrogen) atoms. The third-order valence-corrected chi connectivity index (χ3v) is 3.15. The highest BCUT2D eigenvalue weighted by atomic mass is 35.5. The lowest BCUT2D eigenvalue weighted by molar-refractivity contribution is -0.389. The molecule has 0 aliphatic rings. The van der Waals surface area contributed by atoms with Gasteiger partial charge in [0.2, 0.25) is 0 Å². The van der Waals surface area contributed by atoms with Crippen LogP contribution in [0.3, 0.4) is 0 Å². The SMILES string of the molecule is COC(=O)Cc1ccccc1Cn1cc(Cl)c([N+](=O)[O-])n1. The van der Waals surface area contributed by atoms with Gasteiger partial charge in [-0.05, 0) is 16.1 Å². The van der Waals surface area contributed by atoms with Crippen LogP contribution in [0.25, 0.3) is 0 Å². The number of hydrogen-bond acceptors (Lipinski definition) is 5. The maximum absolute atomic E-state index is 11.4. The average Bonchev–Trinajstić information content (AvgIpc) is 2.82. The number of esters is 1. The number of methoxy groups -OCH3 is 1. The molecule has 0 aliphatic heterocycles. The van der Waals surface area contributed by atoms with Crippen molar-refractivity contribution in [3.8, 4) is 0 Å². The number of aromatic nitrogens is 2. The van der Waals surface area contributed by atoms with Crippen molar-refractivity contribution in [1.82, 2.24) is 9.78 Å². The van der Waals surface area contributed by atoms with Gasteiger partial charge >= 0.3 is 11.8 Å². The second-order valence-corrected chi connectivity index (χ2v) is 4.68. The topological polar surface area (TPSA) is 87.3 Å². The van der Waals surface area contributed by atoms with Gasteiger partial charge in [0.15, 0.2) is 5.02 Å². The molecule has 1 aromatic carbocycles.